The smallest absolute Gasteiger partial charge is 0.259 e. The molecule has 3 heterocycles. The predicted molar refractivity (Wildman–Crippen MR) is 102 cm³/mol. The quantitative estimate of drug-likeness (QED) is 0.499. The molecule has 0 bridgehead atoms. The zero-order valence-electron chi connectivity index (χ0n) is 15.5. The van der Waals surface area contributed by atoms with Gasteiger partial charge in [0.1, 0.15) is 17.2 Å². The van der Waals surface area contributed by atoms with Crippen LogP contribution in [0.2, 0.25) is 0 Å². The van der Waals surface area contributed by atoms with E-state index in [1.807, 2.05) is 13.8 Å². The first-order valence-corrected chi connectivity index (χ1v) is 9.02. The Bertz CT molecular complexity index is 1130. The van der Waals surface area contributed by atoms with E-state index in [4.69, 9.17) is 8.94 Å². The number of carbonyl (C=O) groups excluding carboxylic acids is 1. The molecule has 0 saturated heterocycles. The van der Waals surface area contributed by atoms with E-state index in [1.54, 1.807) is 41.3 Å². The minimum absolute atomic E-state index is 0.155. The summed E-state index contributed by atoms with van der Waals surface area (Å²) in [7, 11) is 0. The third-order valence-electron chi connectivity index (χ3n) is 4.63. The van der Waals surface area contributed by atoms with Crippen molar-refractivity contribution in [3.8, 4) is 22.7 Å². The molecule has 6 nitrogen and oxygen atoms in total. The van der Waals surface area contributed by atoms with E-state index >= 15 is 0 Å². The highest BCUT2D eigenvalue weighted by molar-refractivity contribution is 6.10. The second-order valence-electron chi connectivity index (χ2n) is 6.20. The number of hydrogen-bond acceptors (Lipinski definition) is 5. The van der Waals surface area contributed by atoms with Gasteiger partial charge in [0.25, 0.3) is 11.6 Å². The molecular formula is C21H18FN3O3. The van der Waals surface area contributed by atoms with Gasteiger partial charge in [-0.05, 0) is 44.2 Å². The first-order chi connectivity index (χ1) is 13.6. The van der Waals surface area contributed by atoms with Gasteiger partial charge in [0.15, 0.2) is 5.76 Å². The molecule has 0 atom stereocenters. The Labute approximate surface area is 160 Å². The lowest BCUT2D eigenvalue weighted by molar-refractivity contribution is 0.0775. The minimum Gasteiger partial charge on any atom is -0.463 e. The highest BCUT2D eigenvalue weighted by atomic mass is 19.1. The molecule has 0 fully saturated rings. The minimum atomic E-state index is -0.450. The average Bonchev–Trinajstić information content (AvgIpc) is 3.38. The molecule has 0 unspecified atom stereocenters. The van der Waals surface area contributed by atoms with Crippen molar-refractivity contribution in [2.45, 2.75) is 13.8 Å². The lowest BCUT2D eigenvalue weighted by Crippen LogP contribution is -2.30. The molecule has 0 aliphatic carbocycles. The predicted octanol–water partition coefficient (Wildman–Crippen LogP) is 4.77. The number of halogens is 1. The van der Waals surface area contributed by atoms with Crippen LogP contribution in [0, 0.1) is 5.82 Å². The van der Waals surface area contributed by atoms with Gasteiger partial charge in [-0.3, -0.25) is 4.79 Å². The Kier molecular flexibility index (Phi) is 4.65. The second-order valence-corrected chi connectivity index (χ2v) is 6.20. The molecular weight excluding hydrogens is 361 g/mol. The van der Waals surface area contributed by atoms with Crippen molar-refractivity contribution < 1.29 is 18.1 Å². The summed E-state index contributed by atoms with van der Waals surface area (Å²) in [6.45, 7) is 4.88. The van der Waals surface area contributed by atoms with Crippen LogP contribution in [0.5, 0.6) is 0 Å². The van der Waals surface area contributed by atoms with Crippen LogP contribution in [0.4, 0.5) is 4.39 Å². The second kappa shape index (κ2) is 7.26. The Balaban J connectivity index is 2.00. The van der Waals surface area contributed by atoms with Gasteiger partial charge in [-0.2, -0.15) is 0 Å². The Hall–Kier alpha value is -3.48. The molecule has 0 spiro atoms. The molecule has 4 aromatic rings. The summed E-state index contributed by atoms with van der Waals surface area (Å²) in [6, 6.07) is 11.4. The van der Waals surface area contributed by atoms with Crippen LogP contribution in [0.1, 0.15) is 24.2 Å². The number of fused-ring (bicyclic) bond motifs is 1. The van der Waals surface area contributed by atoms with Crippen molar-refractivity contribution in [3.63, 3.8) is 0 Å². The van der Waals surface area contributed by atoms with Crippen LogP contribution >= 0.6 is 0 Å². The number of carbonyl (C=O) groups is 1. The standard InChI is InChI=1S/C21H18FN3O3/c1-3-25(4-2)21(26)14-12-16(17-10-7-11-27-17)23-20-18(14)19(24-28-20)13-8-5-6-9-15(13)22/h5-12H,3-4H2,1-2H3. The molecule has 0 saturated carbocycles. The molecule has 0 N–H and O–H groups in total. The first kappa shape index (κ1) is 17.9. The summed E-state index contributed by atoms with van der Waals surface area (Å²) in [5.74, 6) is -0.153. The van der Waals surface area contributed by atoms with Gasteiger partial charge in [0.05, 0.1) is 17.2 Å². The van der Waals surface area contributed by atoms with Gasteiger partial charge >= 0.3 is 0 Å². The molecule has 0 radical (unpaired) electrons. The molecule has 7 heteroatoms. The number of nitrogens with zero attached hydrogens (tertiary/aromatic N) is 3. The molecule has 3 aromatic heterocycles. The molecule has 142 valence electrons. The lowest BCUT2D eigenvalue weighted by atomic mass is 10.0. The van der Waals surface area contributed by atoms with Crippen molar-refractivity contribution >= 4 is 17.0 Å². The number of benzene rings is 1. The zero-order chi connectivity index (χ0) is 19.7. The Morgan fingerprint density at radius 1 is 1.14 bits per heavy atom. The number of hydrogen-bond donors (Lipinski definition) is 0. The maximum absolute atomic E-state index is 14.4. The number of amides is 1. The summed E-state index contributed by atoms with van der Waals surface area (Å²) in [5.41, 5.74) is 1.45. The van der Waals surface area contributed by atoms with E-state index in [9.17, 15) is 9.18 Å². The van der Waals surface area contributed by atoms with Crippen LogP contribution in [-0.2, 0) is 0 Å². The van der Waals surface area contributed by atoms with Gasteiger partial charge in [-0.15, -0.1) is 0 Å². The van der Waals surface area contributed by atoms with E-state index < -0.39 is 5.82 Å². The Morgan fingerprint density at radius 3 is 2.61 bits per heavy atom. The van der Waals surface area contributed by atoms with Crippen LogP contribution in [0.15, 0.2) is 57.7 Å². The summed E-state index contributed by atoms with van der Waals surface area (Å²) < 4.78 is 25.2. The van der Waals surface area contributed by atoms with Crippen molar-refractivity contribution in [1.82, 2.24) is 15.0 Å². The lowest BCUT2D eigenvalue weighted by Gasteiger charge is -2.19. The molecule has 0 aliphatic heterocycles. The summed E-state index contributed by atoms with van der Waals surface area (Å²) in [6.07, 6.45) is 1.53. The van der Waals surface area contributed by atoms with E-state index in [-0.39, 0.29) is 22.9 Å². The molecule has 0 aliphatic rings. The van der Waals surface area contributed by atoms with E-state index in [0.29, 0.717) is 35.5 Å². The fourth-order valence-corrected chi connectivity index (χ4v) is 3.19. The maximum atomic E-state index is 14.4. The SMILES string of the molecule is CCN(CC)C(=O)c1cc(-c2ccco2)nc2onc(-c3ccccc3F)c12. The Morgan fingerprint density at radius 2 is 1.93 bits per heavy atom. The number of rotatable bonds is 5. The number of pyridine rings is 1. The molecule has 1 amide bonds. The van der Waals surface area contributed by atoms with Gasteiger partial charge in [-0.25, -0.2) is 9.37 Å². The van der Waals surface area contributed by atoms with Crippen LogP contribution in [0.3, 0.4) is 0 Å². The van der Waals surface area contributed by atoms with Gasteiger partial charge in [0.2, 0.25) is 0 Å². The fourth-order valence-electron chi connectivity index (χ4n) is 3.19. The highest BCUT2D eigenvalue weighted by Crippen LogP contribution is 2.34. The third-order valence-corrected chi connectivity index (χ3v) is 4.63. The molecule has 1 aromatic carbocycles. The average molecular weight is 379 g/mol. The van der Waals surface area contributed by atoms with Crippen molar-refractivity contribution in [2.75, 3.05) is 13.1 Å². The van der Waals surface area contributed by atoms with Crippen LogP contribution in [-0.4, -0.2) is 34.0 Å². The topological polar surface area (TPSA) is 72.4 Å². The maximum Gasteiger partial charge on any atom is 0.259 e. The van der Waals surface area contributed by atoms with Crippen LogP contribution in [0.25, 0.3) is 33.8 Å². The largest absolute Gasteiger partial charge is 0.463 e. The van der Waals surface area contributed by atoms with Crippen LogP contribution < -0.4 is 0 Å². The molecule has 28 heavy (non-hydrogen) atoms. The number of aromatic nitrogens is 2. The van der Waals surface area contributed by atoms with Crippen molar-refractivity contribution in [3.05, 3.63) is 60.1 Å². The summed E-state index contributed by atoms with van der Waals surface area (Å²) in [4.78, 5) is 19.3. The van der Waals surface area contributed by atoms with Gasteiger partial charge in [-0.1, -0.05) is 17.3 Å². The normalized spacial score (nSPS) is 11.1. The summed E-state index contributed by atoms with van der Waals surface area (Å²) in [5, 5.41) is 4.41. The van der Waals surface area contributed by atoms with Crippen molar-refractivity contribution in [1.29, 1.82) is 0 Å². The first-order valence-electron chi connectivity index (χ1n) is 9.02. The van der Waals surface area contributed by atoms with Gasteiger partial charge in [0, 0.05) is 18.7 Å². The fraction of sp³-hybridized carbons (Fsp3) is 0.190. The third kappa shape index (κ3) is 2.94. The number of furan rings is 1. The monoisotopic (exact) mass is 379 g/mol. The van der Waals surface area contributed by atoms with E-state index in [2.05, 4.69) is 10.1 Å². The van der Waals surface area contributed by atoms with E-state index in [1.165, 1.54) is 12.3 Å². The van der Waals surface area contributed by atoms with Gasteiger partial charge < -0.3 is 13.8 Å². The van der Waals surface area contributed by atoms with E-state index in [0.717, 1.165) is 0 Å². The van der Waals surface area contributed by atoms with Crippen molar-refractivity contribution in [2.24, 2.45) is 0 Å². The summed E-state index contributed by atoms with van der Waals surface area (Å²) >= 11 is 0. The highest BCUT2D eigenvalue weighted by Gasteiger charge is 2.25. The molecule has 4 rings (SSSR count). The zero-order valence-corrected chi connectivity index (χ0v) is 15.5.